The zero-order valence-corrected chi connectivity index (χ0v) is 12.0. The van der Waals surface area contributed by atoms with Gasteiger partial charge in [-0.1, -0.05) is 13.3 Å². The summed E-state index contributed by atoms with van der Waals surface area (Å²) in [5.41, 5.74) is 0.416. The molecule has 1 aromatic carbocycles. The van der Waals surface area contributed by atoms with Gasteiger partial charge in [0.25, 0.3) is 5.91 Å². The molecule has 0 aliphatic carbocycles. The third kappa shape index (κ3) is 4.39. The maximum atomic E-state index is 13.3. The van der Waals surface area contributed by atoms with Crippen molar-refractivity contribution < 1.29 is 13.9 Å². The van der Waals surface area contributed by atoms with Crippen molar-refractivity contribution in [3.05, 3.63) is 29.6 Å². The number of hydrogen-bond donors (Lipinski definition) is 0. The van der Waals surface area contributed by atoms with Crippen LogP contribution < -0.4 is 4.74 Å². The smallest absolute Gasteiger partial charge is 0.254 e. The zero-order valence-electron chi connectivity index (χ0n) is 11.3. The molecule has 1 rings (SSSR count). The molecule has 0 bridgehead atoms. The number of benzene rings is 1. The number of halogens is 2. The molecule has 3 nitrogen and oxygen atoms in total. The number of alkyl halides is 1. The maximum Gasteiger partial charge on any atom is 0.254 e. The minimum Gasteiger partial charge on any atom is -0.494 e. The van der Waals surface area contributed by atoms with E-state index in [1.165, 1.54) is 25.3 Å². The summed E-state index contributed by atoms with van der Waals surface area (Å²) in [6, 6.07) is 4.13. The summed E-state index contributed by atoms with van der Waals surface area (Å²) in [4.78, 5) is 14.0. The molecule has 0 unspecified atom stereocenters. The van der Waals surface area contributed by atoms with Crippen LogP contribution in [0.3, 0.4) is 0 Å². The number of amides is 1. The second-order valence-electron chi connectivity index (χ2n) is 4.18. The second kappa shape index (κ2) is 8.00. The molecule has 0 radical (unpaired) electrons. The van der Waals surface area contributed by atoms with Gasteiger partial charge in [0.05, 0.1) is 7.11 Å². The van der Waals surface area contributed by atoms with Crippen LogP contribution in [-0.2, 0) is 0 Å². The van der Waals surface area contributed by atoms with Gasteiger partial charge in [0.15, 0.2) is 11.6 Å². The predicted octanol–water partition coefficient (Wildman–Crippen LogP) is 3.32. The Labute approximate surface area is 118 Å². The lowest BCUT2D eigenvalue weighted by Gasteiger charge is -2.21. The third-order valence-corrected chi connectivity index (χ3v) is 2.99. The molecular formula is C14H19ClFNO2. The van der Waals surface area contributed by atoms with Gasteiger partial charge in [0.2, 0.25) is 0 Å². The SMILES string of the molecule is CCCCN(CCCl)C(=O)c1ccc(F)c(OC)c1. The Morgan fingerprint density at radius 3 is 2.74 bits per heavy atom. The highest BCUT2D eigenvalue weighted by atomic mass is 35.5. The number of rotatable bonds is 7. The van der Waals surface area contributed by atoms with Crippen molar-refractivity contribution in [1.82, 2.24) is 4.90 Å². The van der Waals surface area contributed by atoms with Crippen LogP contribution in [0.25, 0.3) is 0 Å². The fourth-order valence-electron chi connectivity index (χ4n) is 1.74. The van der Waals surface area contributed by atoms with Crippen molar-refractivity contribution in [2.24, 2.45) is 0 Å². The van der Waals surface area contributed by atoms with E-state index in [2.05, 4.69) is 6.92 Å². The predicted molar refractivity (Wildman–Crippen MR) is 74.5 cm³/mol. The number of carbonyl (C=O) groups is 1. The lowest BCUT2D eigenvalue weighted by atomic mass is 10.1. The van der Waals surface area contributed by atoms with Crippen molar-refractivity contribution in [2.45, 2.75) is 19.8 Å². The van der Waals surface area contributed by atoms with Gasteiger partial charge in [0.1, 0.15) is 0 Å². The van der Waals surface area contributed by atoms with Crippen molar-refractivity contribution in [2.75, 3.05) is 26.1 Å². The van der Waals surface area contributed by atoms with Gasteiger partial charge in [-0.25, -0.2) is 4.39 Å². The Balaban J connectivity index is 2.88. The average molecular weight is 288 g/mol. The van der Waals surface area contributed by atoms with E-state index in [0.29, 0.717) is 24.5 Å². The molecule has 0 aromatic heterocycles. The number of nitrogens with zero attached hydrogens (tertiary/aromatic N) is 1. The topological polar surface area (TPSA) is 29.5 Å². The van der Waals surface area contributed by atoms with Crippen LogP contribution in [0.2, 0.25) is 0 Å². The van der Waals surface area contributed by atoms with Gasteiger partial charge < -0.3 is 9.64 Å². The van der Waals surface area contributed by atoms with E-state index in [1.54, 1.807) is 4.90 Å². The normalized spacial score (nSPS) is 10.3. The van der Waals surface area contributed by atoms with E-state index in [4.69, 9.17) is 16.3 Å². The quantitative estimate of drug-likeness (QED) is 0.720. The van der Waals surface area contributed by atoms with Gasteiger partial charge in [0, 0.05) is 24.5 Å². The minimum atomic E-state index is -0.475. The Hall–Kier alpha value is -1.29. The standard InChI is InChI=1S/C14H19ClFNO2/c1-3-4-8-17(9-7-15)14(18)11-5-6-12(16)13(10-11)19-2/h5-6,10H,3-4,7-9H2,1-2H3. The molecule has 0 fully saturated rings. The maximum absolute atomic E-state index is 13.3. The lowest BCUT2D eigenvalue weighted by Crippen LogP contribution is -2.33. The molecule has 5 heteroatoms. The van der Waals surface area contributed by atoms with Crippen LogP contribution in [0.1, 0.15) is 30.1 Å². The van der Waals surface area contributed by atoms with E-state index in [-0.39, 0.29) is 11.7 Å². The summed E-state index contributed by atoms with van der Waals surface area (Å²) >= 11 is 5.71. The zero-order chi connectivity index (χ0) is 14.3. The fourth-order valence-corrected chi connectivity index (χ4v) is 1.95. The lowest BCUT2D eigenvalue weighted by molar-refractivity contribution is 0.0763. The Morgan fingerprint density at radius 2 is 2.16 bits per heavy atom. The van der Waals surface area contributed by atoms with Crippen LogP contribution in [0, 0.1) is 5.82 Å². The van der Waals surface area contributed by atoms with Crippen LogP contribution in [0.15, 0.2) is 18.2 Å². The van der Waals surface area contributed by atoms with E-state index >= 15 is 0 Å². The number of ether oxygens (including phenoxy) is 1. The van der Waals surface area contributed by atoms with E-state index < -0.39 is 5.82 Å². The van der Waals surface area contributed by atoms with Crippen molar-refractivity contribution in [1.29, 1.82) is 0 Å². The summed E-state index contributed by atoms with van der Waals surface area (Å²) in [7, 11) is 1.38. The number of unbranched alkanes of at least 4 members (excludes halogenated alkanes) is 1. The largest absolute Gasteiger partial charge is 0.494 e. The fraction of sp³-hybridized carbons (Fsp3) is 0.500. The Kier molecular flexibility index (Phi) is 6.64. The van der Waals surface area contributed by atoms with Gasteiger partial charge in [-0.3, -0.25) is 4.79 Å². The molecule has 0 N–H and O–H groups in total. The summed E-state index contributed by atoms with van der Waals surface area (Å²) < 4.78 is 18.2. The molecule has 1 amide bonds. The van der Waals surface area contributed by atoms with E-state index in [1.807, 2.05) is 0 Å². The molecule has 1 aromatic rings. The summed E-state index contributed by atoms with van der Waals surface area (Å²) in [5.74, 6) is -0.163. The summed E-state index contributed by atoms with van der Waals surface area (Å²) in [6.45, 7) is 3.20. The third-order valence-electron chi connectivity index (χ3n) is 2.82. The summed E-state index contributed by atoms with van der Waals surface area (Å²) in [5, 5.41) is 0. The minimum absolute atomic E-state index is 0.0761. The van der Waals surface area contributed by atoms with Gasteiger partial charge in [-0.2, -0.15) is 0 Å². The first kappa shape index (κ1) is 15.8. The van der Waals surface area contributed by atoms with Gasteiger partial charge in [-0.05, 0) is 24.6 Å². The number of hydrogen-bond acceptors (Lipinski definition) is 2. The van der Waals surface area contributed by atoms with Crippen molar-refractivity contribution >= 4 is 17.5 Å². The van der Waals surface area contributed by atoms with Crippen LogP contribution in [0.5, 0.6) is 5.75 Å². The van der Waals surface area contributed by atoms with Crippen LogP contribution in [-0.4, -0.2) is 36.9 Å². The molecule has 0 atom stereocenters. The molecule has 0 saturated heterocycles. The molecule has 0 aliphatic heterocycles. The van der Waals surface area contributed by atoms with E-state index in [9.17, 15) is 9.18 Å². The Bertz CT molecular complexity index is 426. The summed E-state index contributed by atoms with van der Waals surface area (Å²) in [6.07, 6.45) is 1.92. The highest BCUT2D eigenvalue weighted by Crippen LogP contribution is 2.19. The number of carbonyl (C=O) groups excluding carboxylic acids is 1. The van der Waals surface area contributed by atoms with Gasteiger partial charge >= 0.3 is 0 Å². The second-order valence-corrected chi connectivity index (χ2v) is 4.56. The molecular weight excluding hydrogens is 269 g/mol. The first-order chi connectivity index (χ1) is 9.13. The van der Waals surface area contributed by atoms with E-state index in [0.717, 1.165) is 12.8 Å². The van der Waals surface area contributed by atoms with Crippen LogP contribution in [0.4, 0.5) is 4.39 Å². The Morgan fingerprint density at radius 1 is 1.42 bits per heavy atom. The molecule has 0 aliphatic rings. The van der Waals surface area contributed by atoms with Gasteiger partial charge in [-0.15, -0.1) is 11.6 Å². The molecule has 106 valence electrons. The average Bonchev–Trinajstić information content (AvgIpc) is 2.43. The monoisotopic (exact) mass is 287 g/mol. The van der Waals surface area contributed by atoms with Crippen molar-refractivity contribution in [3.8, 4) is 5.75 Å². The van der Waals surface area contributed by atoms with Crippen LogP contribution >= 0.6 is 11.6 Å². The molecule has 0 saturated carbocycles. The molecule has 0 heterocycles. The highest BCUT2D eigenvalue weighted by Gasteiger charge is 2.16. The molecule has 0 spiro atoms. The highest BCUT2D eigenvalue weighted by molar-refractivity contribution is 6.18. The first-order valence-electron chi connectivity index (χ1n) is 6.32. The number of methoxy groups -OCH3 is 1. The molecule has 19 heavy (non-hydrogen) atoms. The first-order valence-corrected chi connectivity index (χ1v) is 6.86. The van der Waals surface area contributed by atoms with Crippen molar-refractivity contribution in [3.63, 3.8) is 0 Å².